The van der Waals surface area contributed by atoms with Gasteiger partial charge >= 0.3 is 0 Å². The van der Waals surface area contributed by atoms with Crippen molar-refractivity contribution in [2.24, 2.45) is 4.99 Å². The fraction of sp³-hybridized carbons (Fsp3) is 0.269. The zero-order chi connectivity index (χ0) is 24.7. The molecule has 0 aliphatic carbocycles. The number of halogens is 3. The minimum absolute atomic E-state index is 0.145. The van der Waals surface area contributed by atoms with Crippen LogP contribution in [0.3, 0.4) is 0 Å². The van der Waals surface area contributed by atoms with Gasteiger partial charge in [0.1, 0.15) is 11.7 Å². The van der Waals surface area contributed by atoms with E-state index in [0.717, 1.165) is 30.0 Å². The van der Waals surface area contributed by atoms with Crippen LogP contribution in [0.25, 0.3) is 21.7 Å². The Balaban J connectivity index is 1.70. The van der Waals surface area contributed by atoms with Crippen LogP contribution in [-0.2, 0) is 4.74 Å². The SMILES string of the molecule is CN(C)/C=N/c1c(C(=O)c2ccc(F)c3nn(C4CCCCO4)cc23)cc(Br)c2c(Cl)cccc12. The van der Waals surface area contributed by atoms with E-state index in [9.17, 15) is 9.18 Å². The first-order chi connectivity index (χ1) is 16.8. The number of nitrogens with zero attached hydrogens (tertiary/aromatic N) is 4. The second-order valence-electron chi connectivity index (χ2n) is 8.74. The average Bonchev–Trinajstić information content (AvgIpc) is 3.30. The summed E-state index contributed by atoms with van der Waals surface area (Å²) in [6.45, 7) is 0.635. The molecule has 1 unspecified atom stereocenters. The van der Waals surface area contributed by atoms with Crippen LogP contribution in [-0.4, -0.2) is 47.5 Å². The molecule has 1 fully saturated rings. The highest BCUT2D eigenvalue weighted by Crippen LogP contribution is 2.40. The van der Waals surface area contributed by atoms with E-state index in [1.54, 1.807) is 34.2 Å². The first-order valence-electron chi connectivity index (χ1n) is 11.3. The van der Waals surface area contributed by atoms with Crippen molar-refractivity contribution in [1.29, 1.82) is 0 Å². The standard InChI is InChI=1S/C26H23BrClFN4O2/c1-32(2)14-30-24-16-6-5-7-20(28)23(16)19(27)12-17(24)26(34)15-9-10-21(29)25-18(15)13-33(31-25)22-8-3-4-11-35-22/h5-7,9-10,12-14,22H,3-4,8,11H2,1-2H3/b30-14+. The predicted octanol–water partition coefficient (Wildman–Crippen LogP) is 6.90. The van der Waals surface area contributed by atoms with E-state index in [-0.39, 0.29) is 17.5 Å². The van der Waals surface area contributed by atoms with Crippen LogP contribution in [0.15, 0.2) is 52.1 Å². The maximum absolute atomic E-state index is 14.7. The third kappa shape index (κ3) is 4.46. The van der Waals surface area contributed by atoms with Gasteiger partial charge in [-0.05, 0) is 43.5 Å². The van der Waals surface area contributed by atoms with Gasteiger partial charge in [0.2, 0.25) is 0 Å². The summed E-state index contributed by atoms with van der Waals surface area (Å²) in [5.74, 6) is -0.768. The van der Waals surface area contributed by atoms with Gasteiger partial charge in [0, 0.05) is 58.1 Å². The summed E-state index contributed by atoms with van der Waals surface area (Å²) < 4.78 is 22.9. The fourth-order valence-corrected chi connectivity index (χ4v) is 5.42. The Morgan fingerprint density at radius 3 is 2.83 bits per heavy atom. The summed E-state index contributed by atoms with van der Waals surface area (Å²) in [4.78, 5) is 20.4. The van der Waals surface area contributed by atoms with E-state index in [0.29, 0.717) is 38.3 Å². The Hall–Kier alpha value is -2.81. The van der Waals surface area contributed by atoms with Gasteiger partial charge in [-0.15, -0.1) is 0 Å². The van der Waals surface area contributed by atoms with Crippen LogP contribution in [0.1, 0.15) is 41.4 Å². The summed E-state index contributed by atoms with van der Waals surface area (Å²) in [7, 11) is 3.70. The molecule has 0 radical (unpaired) electrons. The van der Waals surface area contributed by atoms with Gasteiger partial charge in [0.15, 0.2) is 11.6 Å². The Labute approximate surface area is 215 Å². The van der Waals surface area contributed by atoms with Gasteiger partial charge in [-0.1, -0.05) is 39.7 Å². The van der Waals surface area contributed by atoms with E-state index >= 15 is 0 Å². The Bertz CT molecular complexity index is 1480. The molecule has 1 aliphatic heterocycles. The molecule has 0 saturated carbocycles. The summed E-state index contributed by atoms with van der Waals surface area (Å²) in [5, 5.41) is 6.92. The van der Waals surface area contributed by atoms with E-state index in [4.69, 9.17) is 16.3 Å². The van der Waals surface area contributed by atoms with Crippen LogP contribution in [0.4, 0.5) is 10.1 Å². The minimum Gasteiger partial charge on any atom is -0.369 e. The number of ether oxygens (including phenoxy) is 1. The molecule has 3 aromatic carbocycles. The van der Waals surface area contributed by atoms with Gasteiger partial charge in [0.25, 0.3) is 0 Å². The highest BCUT2D eigenvalue weighted by atomic mass is 79.9. The fourth-order valence-electron chi connectivity index (χ4n) is 4.38. The molecule has 1 aromatic heterocycles. The van der Waals surface area contributed by atoms with Gasteiger partial charge in [0.05, 0.1) is 17.6 Å². The Kier molecular flexibility index (Phi) is 6.61. The molecule has 9 heteroatoms. The largest absolute Gasteiger partial charge is 0.369 e. The lowest BCUT2D eigenvalue weighted by Gasteiger charge is -2.22. The molecule has 1 atom stereocenters. The van der Waals surface area contributed by atoms with Crippen molar-refractivity contribution < 1.29 is 13.9 Å². The van der Waals surface area contributed by atoms with Crippen molar-refractivity contribution in [1.82, 2.24) is 14.7 Å². The van der Waals surface area contributed by atoms with Crippen LogP contribution in [0.2, 0.25) is 5.02 Å². The smallest absolute Gasteiger partial charge is 0.196 e. The summed E-state index contributed by atoms with van der Waals surface area (Å²) in [6.07, 6.45) is 5.87. The van der Waals surface area contributed by atoms with Crippen molar-refractivity contribution in [3.05, 3.63) is 69.0 Å². The molecule has 0 amide bonds. The van der Waals surface area contributed by atoms with Crippen molar-refractivity contribution in [2.75, 3.05) is 20.7 Å². The number of hydrogen-bond donors (Lipinski definition) is 0. The normalized spacial score (nSPS) is 16.4. The molecule has 4 aromatic rings. The lowest BCUT2D eigenvalue weighted by atomic mass is 9.95. The second-order valence-corrected chi connectivity index (χ2v) is 10.0. The molecule has 35 heavy (non-hydrogen) atoms. The first kappa shape index (κ1) is 23.9. The van der Waals surface area contributed by atoms with E-state index in [1.807, 2.05) is 26.2 Å². The van der Waals surface area contributed by atoms with Crippen LogP contribution in [0, 0.1) is 5.82 Å². The van der Waals surface area contributed by atoms with Gasteiger partial charge in [-0.2, -0.15) is 5.10 Å². The molecule has 0 bridgehead atoms. The van der Waals surface area contributed by atoms with Crippen molar-refractivity contribution in [3.8, 4) is 0 Å². The van der Waals surface area contributed by atoms with Crippen molar-refractivity contribution in [2.45, 2.75) is 25.5 Å². The van der Waals surface area contributed by atoms with Crippen molar-refractivity contribution in [3.63, 3.8) is 0 Å². The Morgan fingerprint density at radius 1 is 1.26 bits per heavy atom. The third-order valence-corrected chi connectivity index (χ3v) is 6.98. The third-order valence-electron chi connectivity index (χ3n) is 6.04. The molecular formula is C26H23BrClFN4O2. The second kappa shape index (κ2) is 9.68. The molecule has 1 saturated heterocycles. The topological polar surface area (TPSA) is 59.7 Å². The zero-order valence-corrected chi connectivity index (χ0v) is 21.6. The molecule has 0 spiro atoms. The summed E-state index contributed by atoms with van der Waals surface area (Å²) in [6, 6.07) is 10.0. The van der Waals surface area contributed by atoms with Gasteiger partial charge in [-0.25, -0.2) is 14.1 Å². The molecule has 6 nitrogen and oxygen atoms in total. The molecule has 1 aliphatic rings. The number of aliphatic imine (C=N–C) groups is 1. The number of ketones is 1. The highest BCUT2D eigenvalue weighted by molar-refractivity contribution is 9.10. The van der Waals surface area contributed by atoms with E-state index in [2.05, 4.69) is 26.0 Å². The van der Waals surface area contributed by atoms with E-state index in [1.165, 1.54) is 12.1 Å². The quantitative estimate of drug-likeness (QED) is 0.152. The molecular weight excluding hydrogens is 535 g/mol. The molecule has 5 rings (SSSR count). The highest BCUT2D eigenvalue weighted by Gasteiger charge is 2.24. The zero-order valence-electron chi connectivity index (χ0n) is 19.3. The number of benzene rings is 3. The van der Waals surface area contributed by atoms with Gasteiger partial charge < -0.3 is 9.64 Å². The summed E-state index contributed by atoms with van der Waals surface area (Å²) in [5.41, 5.74) is 1.36. The van der Waals surface area contributed by atoms with Crippen molar-refractivity contribution >= 4 is 67.0 Å². The van der Waals surface area contributed by atoms with Crippen LogP contribution in [0.5, 0.6) is 0 Å². The molecule has 180 valence electrons. The number of carbonyl (C=O) groups is 1. The van der Waals surface area contributed by atoms with Gasteiger partial charge in [-0.3, -0.25) is 4.79 Å². The van der Waals surface area contributed by atoms with Crippen LogP contribution >= 0.6 is 27.5 Å². The average molecular weight is 558 g/mol. The molecule has 2 heterocycles. The summed E-state index contributed by atoms with van der Waals surface area (Å²) >= 11 is 10.1. The number of rotatable bonds is 5. The lowest BCUT2D eigenvalue weighted by molar-refractivity contribution is -0.0391. The maximum Gasteiger partial charge on any atom is 0.196 e. The maximum atomic E-state index is 14.7. The first-order valence-corrected chi connectivity index (χ1v) is 12.5. The molecule has 0 N–H and O–H groups in total. The predicted molar refractivity (Wildman–Crippen MR) is 140 cm³/mol. The number of hydrogen-bond acceptors (Lipinski definition) is 4. The lowest BCUT2D eigenvalue weighted by Crippen LogP contribution is -2.18. The van der Waals surface area contributed by atoms with Crippen LogP contribution < -0.4 is 0 Å². The number of fused-ring (bicyclic) bond motifs is 2. The minimum atomic E-state index is -0.483. The van der Waals surface area contributed by atoms with E-state index < -0.39 is 5.82 Å². The number of aromatic nitrogens is 2. The monoisotopic (exact) mass is 556 g/mol. The number of carbonyl (C=O) groups excluding carboxylic acids is 1. The Morgan fingerprint density at radius 2 is 2.09 bits per heavy atom.